The summed E-state index contributed by atoms with van der Waals surface area (Å²) in [5.41, 5.74) is 4.68. The standard InChI is InChI=1S/C15H13BrCl2/c1-9-3-4-11(7-10(9)2)15(18)12-5-6-14(17)13(16)8-12/h3-8,15H,1-2H3. The number of halogens is 3. The van der Waals surface area contributed by atoms with Crippen LogP contribution in [0.2, 0.25) is 5.02 Å². The lowest BCUT2D eigenvalue weighted by Crippen LogP contribution is -1.95. The Balaban J connectivity index is 2.37. The summed E-state index contributed by atoms with van der Waals surface area (Å²) in [5, 5.41) is 0.542. The van der Waals surface area contributed by atoms with Gasteiger partial charge in [-0.1, -0.05) is 35.9 Å². The van der Waals surface area contributed by atoms with Crippen molar-refractivity contribution in [2.45, 2.75) is 19.2 Å². The summed E-state index contributed by atoms with van der Waals surface area (Å²) >= 11 is 15.9. The first-order valence-electron chi connectivity index (χ1n) is 5.65. The van der Waals surface area contributed by atoms with Gasteiger partial charge in [-0.2, -0.15) is 0 Å². The Morgan fingerprint density at radius 1 is 0.944 bits per heavy atom. The van der Waals surface area contributed by atoms with Crippen molar-refractivity contribution >= 4 is 39.1 Å². The minimum absolute atomic E-state index is 0.155. The lowest BCUT2D eigenvalue weighted by atomic mass is 10.00. The summed E-state index contributed by atoms with van der Waals surface area (Å²) < 4.78 is 0.871. The van der Waals surface area contributed by atoms with Crippen LogP contribution in [0.4, 0.5) is 0 Å². The molecule has 0 spiro atoms. The second kappa shape index (κ2) is 5.64. The van der Waals surface area contributed by atoms with Crippen LogP contribution in [0.3, 0.4) is 0 Å². The molecule has 0 amide bonds. The molecule has 0 aromatic heterocycles. The molecular weight excluding hydrogens is 331 g/mol. The molecule has 0 fully saturated rings. The number of benzene rings is 2. The van der Waals surface area contributed by atoms with Crippen molar-refractivity contribution < 1.29 is 0 Å². The second-order valence-corrected chi connectivity index (χ2v) is 6.08. The molecule has 0 radical (unpaired) electrons. The SMILES string of the molecule is Cc1ccc(C(Cl)c2ccc(Cl)c(Br)c2)cc1C. The molecule has 2 rings (SSSR count). The number of aryl methyl sites for hydroxylation is 2. The van der Waals surface area contributed by atoms with Gasteiger partial charge in [0.15, 0.2) is 0 Å². The fraction of sp³-hybridized carbons (Fsp3) is 0.200. The van der Waals surface area contributed by atoms with E-state index in [0.29, 0.717) is 5.02 Å². The van der Waals surface area contributed by atoms with Crippen molar-refractivity contribution in [1.82, 2.24) is 0 Å². The zero-order chi connectivity index (χ0) is 13.3. The lowest BCUT2D eigenvalue weighted by molar-refractivity contribution is 1.12. The van der Waals surface area contributed by atoms with Crippen LogP contribution in [0.15, 0.2) is 40.9 Å². The average Bonchev–Trinajstić information content (AvgIpc) is 2.35. The molecule has 0 aliphatic heterocycles. The molecule has 2 aromatic carbocycles. The minimum Gasteiger partial charge on any atom is -0.113 e. The highest BCUT2D eigenvalue weighted by atomic mass is 79.9. The molecule has 0 aliphatic carbocycles. The quantitative estimate of drug-likeness (QED) is 0.582. The van der Waals surface area contributed by atoms with Crippen LogP contribution in [-0.4, -0.2) is 0 Å². The zero-order valence-electron chi connectivity index (χ0n) is 10.2. The third-order valence-corrected chi connectivity index (χ3v) is 4.78. The molecule has 0 saturated carbocycles. The number of hydrogen-bond acceptors (Lipinski definition) is 0. The van der Waals surface area contributed by atoms with Gasteiger partial charge >= 0.3 is 0 Å². The van der Waals surface area contributed by atoms with Crippen LogP contribution >= 0.6 is 39.1 Å². The van der Waals surface area contributed by atoms with E-state index in [-0.39, 0.29) is 5.38 Å². The summed E-state index contributed by atoms with van der Waals surface area (Å²) in [4.78, 5) is 0. The summed E-state index contributed by atoms with van der Waals surface area (Å²) in [5.74, 6) is 0. The highest BCUT2D eigenvalue weighted by Crippen LogP contribution is 2.33. The molecule has 0 heterocycles. The van der Waals surface area contributed by atoms with Gasteiger partial charge in [0.05, 0.1) is 10.4 Å². The van der Waals surface area contributed by atoms with Gasteiger partial charge in [0, 0.05) is 4.47 Å². The molecule has 1 atom stereocenters. The normalized spacial score (nSPS) is 12.5. The Morgan fingerprint density at radius 3 is 2.17 bits per heavy atom. The predicted molar refractivity (Wildman–Crippen MR) is 82.8 cm³/mol. The Kier molecular flexibility index (Phi) is 4.37. The van der Waals surface area contributed by atoms with E-state index in [1.165, 1.54) is 11.1 Å². The van der Waals surface area contributed by atoms with Crippen molar-refractivity contribution in [3.05, 3.63) is 68.1 Å². The van der Waals surface area contributed by atoms with Gasteiger partial charge in [-0.25, -0.2) is 0 Å². The maximum atomic E-state index is 6.52. The van der Waals surface area contributed by atoms with Crippen LogP contribution in [0.25, 0.3) is 0 Å². The summed E-state index contributed by atoms with van der Waals surface area (Å²) in [6.45, 7) is 4.20. The van der Waals surface area contributed by atoms with Crippen molar-refractivity contribution in [1.29, 1.82) is 0 Å². The van der Waals surface area contributed by atoms with Crippen LogP contribution in [0.1, 0.15) is 27.6 Å². The van der Waals surface area contributed by atoms with Gasteiger partial charge in [0.25, 0.3) is 0 Å². The Hall–Kier alpha value is -0.500. The Labute approximate surface area is 126 Å². The van der Waals surface area contributed by atoms with Gasteiger partial charge in [-0.15, -0.1) is 11.6 Å². The van der Waals surface area contributed by atoms with Gasteiger partial charge in [0.2, 0.25) is 0 Å². The minimum atomic E-state index is -0.155. The molecule has 1 unspecified atom stereocenters. The smallest absolute Gasteiger partial charge is 0.0835 e. The summed E-state index contributed by atoms with van der Waals surface area (Å²) in [6, 6.07) is 12.1. The van der Waals surface area contributed by atoms with Crippen molar-refractivity contribution in [3.8, 4) is 0 Å². The fourth-order valence-corrected chi connectivity index (χ4v) is 2.57. The maximum Gasteiger partial charge on any atom is 0.0835 e. The van der Waals surface area contributed by atoms with Gasteiger partial charge in [-0.3, -0.25) is 0 Å². The summed E-state index contributed by atoms with van der Waals surface area (Å²) in [6.07, 6.45) is 0. The lowest BCUT2D eigenvalue weighted by Gasteiger charge is -2.13. The molecule has 0 aliphatic rings. The number of rotatable bonds is 2. The van der Waals surface area contributed by atoms with Crippen molar-refractivity contribution in [2.24, 2.45) is 0 Å². The molecule has 18 heavy (non-hydrogen) atoms. The predicted octanol–water partition coefficient (Wildman–Crippen LogP) is 6.05. The Bertz CT molecular complexity index is 527. The van der Waals surface area contributed by atoms with Crippen LogP contribution in [-0.2, 0) is 0 Å². The molecule has 0 bridgehead atoms. The van der Waals surface area contributed by atoms with Gasteiger partial charge in [0.1, 0.15) is 0 Å². The topological polar surface area (TPSA) is 0 Å². The highest BCUT2D eigenvalue weighted by molar-refractivity contribution is 9.10. The van der Waals surface area contributed by atoms with E-state index in [9.17, 15) is 0 Å². The van der Waals surface area contributed by atoms with E-state index in [2.05, 4.69) is 48.0 Å². The van der Waals surface area contributed by atoms with Crippen LogP contribution in [0.5, 0.6) is 0 Å². The molecule has 0 N–H and O–H groups in total. The zero-order valence-corrected chi connectivity index (χ0v) is 13.3. The average molecular weight is 344 g/mol. The Morgan fingerprint density at radius 2 is 1.56 bits per heavy atom. The molecule has 3 heteroatoms. The molecule has 0 saturated heterocycles. The van der Waals surface area contributed by atoms with Crippen molar-refractivity contribution in [3.63, 3.8) is 0 Å². The number of hydrogen-bond donors (Lipinski definition) is 0. The highest BCUT2D eigenvalue weighted by Gasteiger charge is 2.12. The largest absolute Gasteiger partial charge is 0.113 e. The maximum absolute atomic E-state index is 6.52. The molecule has 2 aromatic rings. The molecule has 0 nitrogen and oxygen atoms in total. The van der Waals surface area contributed by atoms with E-state index in [4.69, 9.17) is 23.2 Å². The first-order chi connectivity index (χ1) is 8.49. The molecular formula is C15H13BrCl2. The third kappa shape index (κ3) is 2.90. The van der Waals surface area contributed by atoms with Crippen molar-refractivity contribution in [2.75, 3.05) is 0 Å². The van der Waals surface area contributed by atoms with Crippen LogP contribution < -0.4 is 0 Å². The van der Waals surface area contributed by atoms with E-state index >= 15 is 0 Å². The first kappa shape index (κ1) is 13.9. The van der Waals surface area contributed by atoms with Gasteiger partial charge in [-0.05, 0) is 64.2 Å². The second-order valence-electron chi connectivity index (χ2n) is 4.38. The van der Waals surface area contributed by atoms with Gasteiger partial charge < -0.3 is 0 Å². The molecule has 94 valence electrons. The third-order valence-electron chi connectivity index (χ3n) is 3.06. The fourth-order valence-electron chi connectivity index (χ4n) is 1.78. The monoisotopic (exact) mass is 342 g/mol. The first-order valence-corrected chi connectivity index (χ1v) is 7.26. The number of alkyl halides is 1. The van der Waals surface area contributed by atoms with Crippen LogP contribution in [0, 0.1) is 13.8 Å². The van der Waals surface area contributed by atoms with E-state index in [1.807, 2.05) is 18.2 Å². The summed E-state index contributed by atoms with van der Waals surface area (Å²) in [7, 11) is 0. The van der Waals surface area contributed by atoms with E-state index in [0.717, 1.165) is 15.6 Å². The van der Waals surface area contributed by atoms with E-state index < -0.39 is 0 Å². The van der Waals surface area contributed by atoms with E-state index in [1.54, 1.807) is 0 Å².